The average Bonchev–Trinajstić information content (AvgIpc) is 2.93. The maximum Gasteiger partial charge on any atom is 2.00 e. The summed E-state index contributed by atoms with van der Waals surface area (Å²) in [5.41, 5.74) is 0. The van der Waals surface area contributed by atoms with E-state index in [1.54, 1.807) is 0 Å². The van der Waals surface area contributed by atoms with Crippen molar-refractivity contribution in [2.75, 3.05) is 0 Å². The summed E-state index contributed by atoms with van der Waals surface area (Å²) in [6, 6.07) is 0. The van der Waals surface area contributed by atoms with Crippen molar-refractivity contribution in [2.24, 2.45) is 0 Å². The number of unbranched alkanes of at least 4 members (excludes halogenated alkanes) is 16. The number of carbonyl (C=O) groups excluding carboxylic acids is 2. The smallest absolute Gasteiger partial charge is 0.550 e. The first-order chi connectivity index (χ1) is 19.5. The molecule has 0 saturated heterocycles. The Morgan fingerprint density at radius 1 is 0.415 bits per heavy atom. The van der Waals surface area contributed by atoms with Crippen LogP contribution in [0, 0.1) is 0 Å². The quantitative estimate of drug-likeness (QED) is 0.0475. The van der Waals surface area contributed by atoms with Crippen LogP contribution in [0.2, 0.25) is 0 Å². The summed E-state index contributed by atoms with van der Waals surface area (Å²) < 4.78 is 0. The van der Waals surface area contributed by atoms with Gasteiger partial charge in [0.25, 0.3) is 0 Å². The molecule has 0 spiro atoms. The van der Waals surface area contributed by atoms with Gasteiger partial charge in [-0.2, -0.15) is 0 Å². The summed E-state index contributed by atoms with van der Waals surface area (Å²) in [6.45, 7) is 4.46. The maximum atomic E-state index is 10.2. The molecule has 0 bridgehead atoms. The molecule has 0 saturated carbocycles. The first kappa shape index (κ1) is 44.0. The number of carboxylic acids is 2. The third-order valence-electron chi connectivity index (χ3n) is 6.66. The van der Waals surface area contributed by atoms with E-state index in [1.165, 1.54) is 77.0 Å². The molecule has 240 valence electrons. The van der Waals surface area contributed by atoms with E-state index in [1.807, 2.05) is 0 Å². The molecule has 0 rings (SSSR count). The van der Waals surface area contributed by atoms with Gasteiger partial charge in [0.05, 0.1) is 0 Å². The van der Waals surface area contributed by atoms with Crippen molar-refractivity contribution < 1.29 is 40.2 Å². The van der Waals surface area contributed by atoms with Crippen molar-refractivity contribution in [2.45, 2.75) is 168 Å². The van der Waals surface area contributed by atoms with E-state index in [-0.39, 0.29) is 33.3 Å². The zero-order valence-corrected chi connectivity index (χ0v) is 28.1. The molecule has 0 N–H and O–H groups in total. The van der Waals surface area contributed by atoms with E-state index in [4.69, 9.17) is 0 Å². The molecule has 0 heterocycles. The second kappa shape index (κ2) is 40.7. The fraction of sp³-hybridized carbons (Fsp3) is 0.722. The van der Waals surface area contributed by atoms with Gasteiger partial charge in [-0.05, 0) is 89.9 Å². The average molecular weight is 665 g/mol. The molecular formula is C36H62O4Pd. The normalized spacial score (nSPS) is 11.4. The van der Waals surface area contributed by atoms with E-state index >= 15 is 0 Å². The zero-order valence-electron chi connectivity index (χ0n) is 26.5. The minimum absolute atomic E-state index is 0. The van der Waals surface area contributed by atoms with Crippen LogP contribution in [0.1, 0.15) is 168 Å². The Labute approximate surface area is 267 Å². The van der Waals surface area contributed by atoms with Gasteiger partial charge in [-0.15, -0.1) is 0 Å². The van der Waals surface area contributed by atoms with Gasteiger partial charge in [0.1, 0.15) is 0 Å². The third kappa shape index (κ3) is 48.6. The molecule has 0 aliphatic heterocycles. The Bertz CT molecular complexity index is 596. The molecule has 0 aliphatic carbocycles. The number of aliphatic carboxylic acids is 2. The van der Waals surface area contributed by atoms with Gasteiger partial charge in [0.15, 0.2) is 0 Å². The molecule has 0 aliphatic rings. The summed E-state index contributed by atoms with van der Waals surface area (Å²) in [4.78, 5) is 20.4. The predicted octanol–water partition coefficient (Wildman–Crippen LogP) is 9.10. The van der Waals surface area contributed by atoms with Gasteiger partial charge in [0, 0.05) is 11.9 Å². The molecule has 41 heavy (non-hydrogen) atoms. The van der Waals surface area contributed by atoms with Crippen LogP contribution in [0.15, 0.2) is 48.6 Å². The number of rotatable bonds is 28. The third-order valence-corrected chi connectivity index (χ3v) is 6.66. The molecule has 0 atom stereocenters. The van der Waals surface area contributed by atoms with Crippen molar-refractivity contribution in [1.29, 1.82) is 0 Å². The van der Waals surface area contributed by atoms with Crippen LogP contribution in [0.25, 0.3) is 0 Å². The van der Waals surface area contributed by atoms with Crippen molar-refractivity contribution >= 4 is 11.9 Å². The minimum atomic E-state index is -0.921. The number of carbonyl (C=O) groups is 2. The van der Waals surface area contributed by atoms with Crippen LogP contribution in [0.3, 0.4) is 0 Å². The van der Waals surface area contributed by atoms with Crippen molar-refractivity contribution in [3.63, 3.8) is 0 Å². The molecule has 0 unspecified atom stereocenters. The molecule has 0 aromatic heterocycles. The monoisotopic (exact) mass is 664 g/mol. The van der Waals surface area contributed by atoms with Gasteiger partial charge < -0.3 is 19.8 Å². The second-order valence-corrected chi connectivity index (χ2v) is 10.7. The summed E-state index contributed by atoms with van der Waals surface area (Å²) in [5.74, 6) is -1.84. The van der Waals surface area contributed by atoms with Gasteiger partial charge >= 0.3 is 20.4 Å². The first-order valence-electron chi connectivity index (χ1n) is 16.5. The Morgan fingerprint density at radius 2 is 0.683 bits per heavy atom. The Hall–Kier alpha value is -1.44. The predicted molar refractivity (Wildman–Crippen MR) is 169 cm³/mol. The second-order valence-electron chi connectivity index (χ2n) is 10.7. The standard InChI is InChI=1S/2C18H32O2.Pd/c2*1-2-3-4-5-6-7-8-9-10-11-12-13-14-15-16-17-18(19)20;/h2*6-7,9-10H,2-5,8,11-17H2,1H3,(H,19,20);/q;;+2/p-2/b2*7-6-,10-9-;. The summed E-state index contributed by atoms with van der Waals surface area (Å²) in [7, 11) is 0. The summed E-state index contributed by atoms with van der Waals surface area (Å²) in [6.07, 6.45) is 43.9. The topological polar surface area (TPSA) is 80.3 Å². The molecule has 4 nitrogen and oxygen atoms in total. The molecular weight excluding hydrogens is 603 g/mol. The van der Waals surface area contributed by atoms with Crippen LogP contribution in [-0.4, -0.2) is 11.9 Å². The molecule has 0 aromatic carbocycles. The largest absolute Gasteiger partial charge is 2.00 e. The molecule has 0 aromatic rings. The van der Waals surface area contributed by atoms with E-state index in [2.05, 4.69) is 62.5 Å². The molecule has 0 amide bonds. The fourth-order valence-corrected chi connectivity index (χ4v) is 4.16. The molecule has 5 heteroatoms. The van der Waals surface area contributed by atoms with E-state index in [0.717, 1.165) is 64.2 Å². The first-order valence-corrected chi connectivity index (χ1v) is 16.5. The fourth-order valence-electron chi connectivity index (χ4n) is 4.16. The van der Waals surface area contributed by atoms with Crippen LogP contribution in [0.4, 0.5) is 0 Å². The molecule has 0 radical (unpaired) electrons. The SMILES string of the molecule is CCCCC/C=C\C/C=C\CCCCCCCC(=O)[O-].CCCCC/C=C\C/C=C\CCCCCCCC(=O)[O-].[Pd+2]. The Kier molecular flexibility index (Phi) is 43.7. The van der Waals surface area contributed by atoms with Gasteiger partial charge in [-0.3, -0.25) is 0 Å². The number of hydrogen-bond acceptors (Lipinski definition) is 4. The number of carboxylic acid groups (broad SMARTS) is 2. The van der Waals surface area contributed by atoms with Crippen LogP contribution in [-0.2, 0) is 30.0 Å². The van der Waals surface area contributed by atoms with E-state index < -0.39 is 11.9 Å². The van der Waals surface area contributed by atoms with Gasteiger partial charge in [-0.25, -0.2) is 0 Å². The van der Waals surface area contributed by atoms with E-state index in [9.17, 15) is 19.8 Å². The molecule has 0 fully saturated rings. The minimum Gasteiger partial charge on any atom is -0.550 e. The van der Waals surface area contributed by atoms with Gasteiger partial charge in [-0.1, -0.05) is 127 Å². The summed E-state index contributed by atoms with van der Waals surface area (Å²) in [5, 5.41) is 20.4. The van der Waals surface area contributed by atoms with Crippen molar-refractivity contribution in [1.82, 2.24) is 0 Å². The van der Waals surface area contributed by atoms with Crippen molar-refractivity contribution in [3.05, 3.63) is 48.6 Å². The van der Waals surface area contributed by atoms with Crippen molar-refractivity contribution in [3.8, 4) is 0 Å². The van der Waals surface area contributed by atoms with Gasteiger partial charge in [0.2, 0.25) is 0 Å². The summed E-state index contributed by atoms with van der Waals surface area (Å²) >= 11 is 0. The van der Waals surface area contributed by atoms with Crippen LogP contribution in [0.5, 0.6) is 0 Å². The van der Waals surface area contributed by atoms with Crippen LogP contribution >= 0.6 is 0 Å². The Morgan fingerprint density at radius 3 is 0.976 bits per heavy atom. The van der Waals surface area contributed by atoms with E-state index in [0.29, 0.717) is 0 Å². The maximum absolute atomic E-state index is 10.2. The zero-order chi connectivity index (χ0) is 29.8. The number of allylic oxidation sites excluding steroid dienone is 8. The van der Waals surface area contributed by atoms with Crippen LogP contribution < -0.4 is 10.2 Å². The number of hydrogen-bond donors (Lipinski definition) is 0. The Balaban J connectivity index is -0.000000688.